The fraction of sp³-hybridized carbons (Fsp3) is 0.222. The van der Waals surface area contributed by atoms with Crippen molar-refractivity contribution < 1.29 is 28.5 Å². The minimum atomic E-state index is -0.696. The average Bonchev–Trinajstić information content (AvgIpc) is 2.64. The lowest BCUT2D eigenvalue weighted by Crippen LogP contribution is -2.18. The van der Waals surface area contributed by atoms with Crippen LogP contribution in [-0.4, -0.2) is 38.7 Å². The Kier molecular flexibility index (Phi) is 5.54. The highest BCUT2D eigenvalue weighted by atomic mass is 35.5. The number of halogens is 2. The van der Waals surface area contributed by atoms with Gasteiger partial charge in [0.25, 0.3) is 0 Å². The van der Waals surface area contributed by atoms with Crippen LogP contribution < -0.4 is 14.2 Å². The predicted molar refractivity (Wildman–Crippen MR) is 95.1 cm³/mol. The molecule has 1 aliphatic heterocycles. The first kappa shape index (κ1) is 18.4. The smallest absolute Gasteiger partial charge is 0.338 e. The summed E-state index contributed by atoms with van der Waals surface area (Å²) in [6.45, 7) is 0.294. The maximum atomic E-state index is 12.3. The fourth-order valence-corrected chi connectivity index (χ4v) is 2.91. The van der Waals surface area contributed by atoms with Gasteiger partial charge in [-0.05, 0) is 30.3 Å². The molecule has 3 rings (SSSR count). The van der Waals surface area contributed by atoms with E-state index < -0.39 is 18.4 Å². The Balaban J connectivity index is 1.73. The van der Waals surface area contributed by atoms with Gasteiger partial charge in [-0.1, -0.05) is 23.2 Å². The van der Waals surface area contributed by atoms with Gasteiger partial charge in [-0.25, -0.2) is 4.79 Å². The zero-order valence-electron chi connectivity index (χ0n) is 13.7. The van der Waals surface area contributed by atoms with Crippen molar-refractivity contribution in [1.82, 2.24) is 0 Å². The van der Waals surface area contributed by atoms with Crippen LogP contribution in [0.1, 0.15) is 20.7 Å². The van der Waals surface area contributed by atoms with Crippen molar-refractivity contribution >= 4 is 35.0 Å². The number of methoxy groups -OCH3 is 1. The molecule has 2 aromatic rings. The van der Waals surface area contributed by atoms with Gasteiger partial charge in [0.1, 0.15) is 13.2 Å². The highest BCUT2D eigenvalue weighted by Gasteiger charge is 2.22. The van der Waals surface area contributed by atoms with Gasteiger partial charge in [0.15, 0.2) is 18.1 Å². The molecule has 1 heterocycles. The van der Waals surface area contributed by atoms with Crippen LogP contribution in [0, 0.1) is 0 Å². The molecule has 6 nitrogen and oxygen atoms in total. The highest BCUT2D eigenvalue weighted by Crippen LogP contribution is 2.40. The third-order valence-corrected chi connectivity index (χ3v) is 4.18. The first-order valence-corrected chi connectivity index (χ1v) is 8.38. The lowest BCUT2D eigenvalue weighted by atomic mass is 10.1. The Labute approximate surface area is 159 Å². The first-order chi connectivity index (χ1) is 12.5. The largest absolute Gasteiger partial charge is 0.493 e. The molecule has 0 N–H and O–H groups in total. The number of hydrogen-bond donors (Lipinski definition) is 0. The van der Waals surface area contributed by atoms with Gasteiger partial charge in [-0.2, -0.15) is 0 Å². The Morgan fingerprint density at radius 1 is 1.12 bits per heavy atom. The third-order valence-electron chi connectivity index (χ3n) is 3.63. The third kappa shape index (κ3) is 3.86. The van der Waals surface area contributed by atoms with E-state index in [0.29, 0.717) is 35.5 Å². The maximum Gasteiger partial charge on any atom is 0.338 e. The molecule has 26 heavy (non-hydrogen) atoms. The number of ether oxygens (including phenoxy) is 4. The van der Waals surface area contributed by atoms with Gasteiger partial charge in [0.2, 0.25) is 11.5 Å². The number of fused-ring (bicyclic) bond motifs is 1. The van der Waals surface area contributed by atoms with Crippen molar-refractivity contribution in [1.29, 1.82) is 0 Å². The zero-order chi connectivity index (χ0) is 18.7. The minimum absolute atomic E-state index is 0.182. The van der Waals surface area contributed by atoms with Crippen LogP contribution in [-0.2, 0) is 4.74 Å². The second-order valence-electron chi connectivity index (χ2n) is 5.33. The molecule has 1 aliphatic rings. The molecular weight excluding hydrogens is 383 g/mol. The van der Waals surface area contributed by atoms with E-state index in [2.05, 4.69) is 0 Å². The van der Waals surface area contributed by atoms with Crippen molar-refractivity contribution in [2.75, 3.05) is 26.9 Å². The van der Waals surface area contributed by atoms with E-state index in [-0.39, 0.29) is 16.1 Å². The topological polar surface area (TPSA) is 71.1 Å². The number of benzene rings is 2. The van der Waals surface area contributed by atoms with Gasteiger partial charge in [-0.3, -0.25) is 4.79 Å². The number of Topliss-reactive ketones (excluding diaryl/α,β-unsaturated/α-hetero) is 1. The summed E-state index contributed by atoms with van der Waals surface area (Å²) in [5, 5.41) is 0.603. The molecule has 0 saturated carbocycles. The molecule has 0 spiro atoms. The summed E-state index contributed by atoms with van der Waals surface area (Å²) >= 11 is 11.8. The molecular formula is C18H14Cl2O6. The molecule has 0 unspecified atom stereocenters. The molecule has 0 fully saturated rings. The monoisotopic (exact) mass is 396 g/mol. The van der Waals surface area contributed by atoms with Crippen molar-refractivity contribution in [3.63, 3.8) is 0 Å². The van der Waals surface area contributed by atoms with E-state index in [4.69, 9.17) is 42.1 Å². The summed E-state index contributed by atoms with van der Waals surface area (Å²) in [6, 6.07) is 7.42. The lowest BCUT2D eigenvalue weighted by Gasteiger charge is -2.21. The van der Waals surface area contributed by atoms with Crippen molar-refractivity contribution in [3.05, 3.63) is 51.5 Å². The Morgan fingerprint density at radius 3 is 2.62 bits per heavy atom. The summed E-state index contributed by atoms with van der Waals surface area (Å²) < 4.78 is 21.2. The van der Waals surface area contributed by atoms with Crippen LogP contribution in [0.2, 0.25) is 10.0 Å². The van der Waals surface area contributed by atoms with Crippen molar-refractivity contribution in [2.24, 2.45) is 0 Å². The Hall–Kier alpha value is -2.44. The SMILES string of the molecule is COc1cc(C(=O)OCC(=O)c2ccc(Cl)cc2Cl)cc2c1OCCO2. The number of ketones is 1. The van der Waals surface area contributed by atoms with E-state index in [1.807, 2.05) is 0 Å². The standard InChI is InChI=1S/C18H14Cl2O6/c1-23-15-6-10(7-16-17(15)25-5-4-24-16)18(22)26-9-14(21)12-3-2-11(19)8-13(12)20/h2-3,6-8H,4-5,9H2,1H3. The number of carbonyl (C=O) groups is 2. The molecule has 8 heteroatoms. The molecule has 136 valence electrons. The zero-order valence-corrected chi connectivity index (χ0v) is 15.2. The molecule has 0 aromatic heterocycles. The van der Waals surface area contributed by atoms with Crippen LogP contribution in [0.25, 0.3) is 0 Å². The maximum absolute atomic E-state index is 12.3. The van der Waals surface area contributed by atoms with E-state index in [1.165, 1.54) is 37.4 Å². The van der Waals surface area contributed by atoms with Crippen molar-refractivity contribution in [3.8, 4) is 17.2 Å². The molecule has 0 atom stereocenters. The summed E-state index contributed by atoms with van der Waals surface area (Å²) in [7, 11) is 1.45. The normalized spacial score (nSPS) is 12.4. The van der Waals surface area contributed by atoms with E-state index >= 15 is 0 Å². The molecule has 0 amide bonds. The van der Waals surface area contributed by atoms with E-state index in [0.717, 1.165) is 0 Å². The summed E-state index contributed by atoms with van der Waals surface area (Å²) in [5.41, 5.74) is 0.407. The number of esters is 1. The molecule has 0 radical (unpaired) electrons. The quantitative estimate of drug-likeness (QED) is 0.565. The predicted octanol–water partition coefficient (Wildman–Crippen LogP) is 3.81. The summed E-state index contributed by atoms with van der Waals surface area (Å²) in [6.07, 6.45) is 0. The highest BCUT2D eigenvalue weighted by molar-refractivity contribution is 6.36. The second kappa shape index (κ2) is 7.85. The summed E-state index contributed by atoms with van der Waals surface area (Å²) in [5.74, 6) is 0.0263. The van der Waals surface area contributed by atoms with E-state index in [1.54, 1.807) is 0 Å². The molecule has 0 aliphatic carbocycles. The Bertz CT molecular complexity index is 848. The van der Waals surface area contributed by atoms with Crippen LogP contribution in [0.4, 0.5) is 0 Å². The van der Waals surface area contributed by atoms with Gasteiger partial charge in [0.05, 0.1) is 17.7 Å². The molecule has 0 saturated heterocycles. The first-order valence-electron chi connectivity index (χ1n) is 7.62. The molecule has 2 aromatic carbocycles. The van der Waals surface area contributed by atoms with Gasteiger partial charge in [-0.15, -0.1) is 0 Å². The van der Waals surface area contributed by atoms with Crippen LogP contribution in [0.15, 0.2) is 30.3 Å². The van der Waals surface area contributed by atoms with Gasteiger partial charge >= 0.3 is 5.97 Å². The number of hydrogen-bond acceptors (Lipinski definition) is 6. The van der Waals surface area contributed by atoms with Crippen LogP contribution >= 0.6 is 23.2 Å². The average molecular weight is 397 g/mol. The van der Waals surface area contributed by atoms with E-state index in [9.17, 15) is 9.59 Å². The summed E-state index contributed by atoms with van der Waals surface area (Å²) in [4.78, 5) is 24.5. The second-order valence-corrected chi connectivity index (χ2v) is 6.17. The lowest BCUT2D eigenvalue weighted by molar-refractivity contribution is 0.0473. The fourth-order valence-electron chi connectivity index (χ4n) is 2.40. The van der Waals surface area contributed by atoms with Crippen LogP contribution in [0.5, 0.6) is 17.2 Å². The van der Waals surface area contributed by atoms with Crippen LogP contribution in [0.3, 0.4) is 0 Å². The Morgan fingerprint density at radius 2 is 1.88 bits per heavy atom. The van der Waals surface area contributed by atoms with Gasteiger partial charge in [0, 0.05) is 10.6 Å². The van der Waals surface area contributed by atoms with Gasteiger partial charge < -0.3 is 18.9 Å². The molecule has 0 bridgehead atoms. The number of carbonyl (C=O) groups excluding carboxylic acids is 2. The minimum Gasteiger partial charge on any atom is -0.493 e. The van der Waals surface area contributed by atoms with Crippen molar-refractivity contribution in [2.45, 2.75) is 0 Å². The number of rotatable bonds is 5.